The normalized spacial score (nSPS) is 15.6. The van der Waals surface area contributed by atoms with Gasteiger partial charge in [0.25, 0.3) is 5.91 Å². The third kappa shape index (κ3) is 4.39. The van der Waals surface area contributed by atoms with Gasteiger partial charge in [-0.25, -0.2) is 4.39 Å². The number of hydrogen-bond acceptors (Lipinski definition) is 4. The monoisotopic (exact) mass is 385 g/mol. The van der Waals surface area contributed by atoms with E-state index in [1.54, 1.807) is 18.2 Å². The molecule has 0 spiro atoms. The highest BCUT2D eigenvalue weighted by atomic mass is 32.2. The molecule has 2 aromatic carbocycles. The molecule has 0 aromatic heterocycles. The van der Waals surface area contributed by atoms with Gasteiger partial charge in [0.05, 0.1) is 4.91 Å². The van der Waals surface area contributed by atoms with Crippen molar-refractivity contribution in [1.29, 1.82) is 0 Å². The van der Waals surface area contributed by atoms with E-state index in [0.29, 0.717) is 28.1 Å². The van der Waals surface area contributed by atoms with Crippen molar-refractivity contribution in [2.24, 2.45) is 0 Å². The Labute approximate surface area is 161 Å². The van der Waals surface area contributed by atoms with Gasteiger partial charge in [-0.15, -0.1) is 6.58 Å². The molecule has 0 saturated carbocycles. The maximum atomic E-state index is 12.9. The molecule has 6 heteroatoms. The summed E-state index contributed by atoms with van der Waals surface area (Å²) in [6, 6.07) is 13.6. The highest BCUT2D eigenvalue weighted by Crippen LogP contribution is 2.32. The number of thioether (sulfide) groups is 1. The molecular weight excluding hydrogens is 369 g/mol. The summed E-state index contributed by atoms with van der Waals surface area (Å²) in [6.07, 6.45) is 3.47. The minimum absolute atomic E-state index is 0.100. The Kier molecular flexibility index (Phi) is 5.85. The first-order valence-electron chi connectivity index (χ1n) is 7.90. The summed E-state index contributed by atoms with van der Waals surface area (Å²) in [7, 11) is 0. The summed E-state index contributed by atoms with van der Waals surface area (Å²) in [5.74, 6) is 0.332. The van der Waals surface area contributed by atoms with Gasteiger partial charge in [-0.2, -0.15) is 0 Å². The van der Waals surface area contributed by atoms with Crippen LogP contribution in [0.5, 0.6) is 5.75 Å². The zero-order valence-corrected chi connectivity index (χ0v) is 15.5. The summed E-state index contributed by atoms with van der Waals surface area (Å²) >= 11 is 6.51. The summed E-state index contributed by atoms with van der Waals surface area (Å²) in [6.45, 7) is 4.42. The highest BCUT2D eigenvalue weighted by molar-refractivity contribution is 8.26. The van der Waals surface area contributed by atoms with Gasteiger partial charge < -0.3 is 4.74 Å². The van der Waals surface area contributed by atoms with Crippen molar-refractivity contribution in [2.45, 2.75) is 6.61 Å². The molecule has 0 N–H and O–H groups in total. The van der Waals surface area contributed by atoms with Crippen molar-refractivity contribution >= 4 is 40.3 Å². The Balaban J connectivity index is 1.64. The molecule has 26 heavy (non-hydrogen) atoms. The number of hydrogen-bond donors (Lipinski definition) is 0. The first kappa shape index (κ1) is 18.4. The molecule has 3 nitrogen and oxygen atoms in total. The van der Waals surface area contributed by atoms with Crippen LogP contribution in [0.4, 0.5) is 4.39 Å². The van der Waals surface area contributed by atoms with E-state index in [9.17, 15) is 9.18 Å². The van der Waals surface area contributed by atoms with Gasteiger partial charge in [0.2, 0.25) is 0 Å². The maximum Gasteiger partial charge on any atom is 0.266 e. The van der Waals surface area contributed by atoms with Gasteiger partial charge in [0, 0.05) is 6.54 Å². The molecule has 3 rings (SSSR count). The first-order chi connectivity index (χ1) is 12.6. The van der Waals surface area contributed by atoms with Gasteiger partial charge >= 0.3 is 0 Å². The van der Waals surface area contributed by atoms with Crippen LogP contribution in [0.25, 0.3) is 6.08 Å². The summed E-state index contributed by atoms with van der Waals surface area (Å²) in [4.78, 5) is 14.4. The molecule has 0 unspecified atom stereocenters. The molecule has 0 radical (unpaired) electrons. The van der Waals surface area contributed by atoms with Gasteiger partial charge in [-0.05, 0) is 41.5 Å². The Morgan fingerprint density at radius 1 is 1.15 bits per heavy atom. The van der Waals surface area contributed by atoms with Crippen molar-refractivity contribution in [3.05, 3.63) is 83.0 Å². The molecule has 0 bridgehead atoms. The van der Waals surface area contributed by atoms with E-state index in [4.69, 9.17) is 17.0 Å². The molecule has 0 atom stereocenters. The van der Waals surface area contributed by atoms with Gasteiger partial charge in [0.1, 0.15) is 22.5 Å². The number of rotatable bonds is 6. The van der Waals surface area contributed by atoms with Crippen LogP contribution >= 0.6 is 24.0 Å². The van der Waals surface area contributed by atoms with Gasteiger partial charge in [0.15, 0.2) is 0 Å². The third-order valence-electron chi connectivity index (χ3n) is 3.68. The van der Waals surface area contributed by atoms with Crippen molar-refractivity contribution in [3.8, 4) is 5.75 Å². The highest BCUT2D eigenvalue weighted by Gasteiger charge is 2.30. The molecule has 0 aliphatic carbocycles. The van der Waals surface area contributed by atoms with Crippen LogP contribution in [0.2, 0.25) is 0 Å². The van der Waals surface area contributed by atoms with Crippen LogP contribution < -0.4 is 4.74 Å². The minimum Gasteiger partial charge on any atom is -0.489 e. The first-order valence-corrected chi connectivity index (χ1v) is 9.13. The molecule has 1 amide bonds. The lowest BCUT2D eigenvalue weighted by molar-refractivity contribution is -0.121. The number of carbonyl (C=O) groups excluding carboxylic acids is 1. The lowest BCUT2D eigenvalue weighted by Gasteiger charge is -2.10. The fourth-order valence-corrected chi connectivity index (χ4v) is 3.62. The standard InChI is InChI=1S/C20H16FNO2S2/c1-2-11-22-19(23)18(26-20(22)25)12-14-5-9-17(10-6-14)24-13-15-3-7-16(21)8-4-15/h2-10,12H,1,11,13H2. The van der Waals surface area contributed by atoms with Crippen LogP contribution in [-0.4, -0.2) is 21.7 Å². The molecule has 1 aliphatic rings. The van der Waals surface area contributed by atoms with E-state index >= 15 is 0 Å². The Bertz CT molecular complexity index is 860. The summed E-state index contributed by atoms with van der Waals surface area (Å²) < 4.78 is 19.1. The maximum absolute atomic E-state index is 12.9. The van der Waals surface area contributed by atoms with Gasteiger partial charge in [-0.1, -0.05) is 54.3 Å². The quantitative estimate of drug-likeness (QED) is 0.406. The number of carbonyl (C=O) groups is 1. The largest absolute Gasteiger partial charge is 0.489 e. The van der Waals surface area contributed by atoms with Crippen molar-refractivity contribution in [2.75, 3.05) is 6.54 Å². The van der Waals surface area contributed by atoms with Crippen LogP contribution in [0, 0.1) is 5.82 Å². The fourth-order valence-electron chi connectivity index (χ4n) is 2.35. The summed E-state index contributed by atoms with van der Waals surface area (Å²) in [5, 5.41) is 0. The molecule has 1 fully saturated rings. The second kappa shape index (κ2) is 8.29. The van der Waals surface area contributed by atoms with E-state index in [2.05, 4.69) is 6.58 Å². The minimum atomic E-state index is -0.267. The van der Waals surface area contributed by atoms with Crippen LogP contribution in [0.1, 0.15) is 11.1 Å². The number of ether oxygens (including phenoxy) is 1. The van der Waals surface area contributed by atoms with E-state index in [1.165, 1.54) is 28.8 Å². The van der Waals surface area contributed by atoms with Crippen LogP contribution in [0.15, 0.2) is 66.1 Å². The summed E-state index contributed by atoms with van der Waals surface area (Å²) in [5.41, 5.74) is 1.78. The van der Waals surface area contributed by atoms with Crippen molar-refractivity contribution < 1.29 is 13.9 Å². The number of benzene rings is 2. The molecule has 1 heterocycles. The number of amides is 1. The van der Waals surface area contributed by atoms with Crippen molar-refractivity contribution in [3.63, 3.8) is 0 Å². The average Bonchev–Trinajstić information content (AvgIpc) is 2.90. The molecule has 132 valence electrons. The van der Waals surface area contributed by atoms with Crippen LogP contribution in [-0.2, 0) is 11.4 Å². The Hall–Kier alpha value is -2.44. The second-order valence-electron chi connectivity index (χ2n) is 5.57. The van der Waals surface area contributed by atoms with Crippen molar-refractivity contribution in [1.82, 2.24) is 4.90 Å². The van der Waals surface area contributed by atoms with Gasteiger partial charge in [-0.3, -0.25) is 9.69 Å². The second-order valence-corrected chi connectivity index (χ2v) is 7.24. The predicted molar refractivity (Wildman–Crippen MR) is 107 cm³/mol. The number of nitrogens with zero attached hydrogens (tertiary/aromatic N) is 1. The smallest absolute Gasteiger partial charge is 0.266 e. The molecule has 1 saturated heterocycles. The van der Waals surface area contributed by atoms with E-state index in [0.717, 1.165) is 11.1 Å². The SMILES string of the molecule is C=CCN1C(=O)C(=Cc2ccc(OCc3ccc(F)cc3)cc2)SC1=S. The third-order valence-corrected chi connectivity index (χ3v) is 5.06. The average molecular weight is 385 g/mol. The zero-order valence-electron chi connectivity index (χ0n) is 13.9. The molecular formula is C20H16FNO2S2. The molecule has 2 aromatic rings. The van der Waals surface area contributed by atoms with E-state index in [-0.39, 0.29) is 11.7 Å². The Morgan fingerprint density at radius 2 is 1.85 bits per heavy atom. The van der Waals surface area contributed by atoms with Crippen LogP contribution in [0.3, 0.4) is 0 Å². The predicted octanol–water partition coefficient (Wildman–Crippen LogP) is 4.79. The lowest BCUT2D eigenvalue weighted by Crippen LogP contribution is -2.27. The topological polar surface area (TPSA) is 29.5 Å². The zero-order chi connectivity index (χ0) is 18.5. The Morgan fingerprint density at radius 3 is 2.50 bits per heavy atom. The van der Waals surface area contributed by atoms with E-state index in [1.807, 2.05) is 30.3 Å². The van der Waals surface area contributed by atoms with E-state index < -0.39 is 0 Å². The number of thiocarbonyl (C=S) groups is 1. The molecule has 1 aliphatic heterocycles. The lowest BCUT2D eigenvalue weighted by atomic mass is 10.2. The number of halogens is 1. The fraction of sp³-hybridized carbons (Fsp3) is 0.100.